The smallest absolute Gasteiger partial charge is 0.176 e. The molecule has 5 heteroatoms. The fraction of sp³-hybridized carbons (Fsp3) is 0.375. The van der Waals surface area contributed by atoms with Crippen molar-refractivity contribution < 1.29 is 23.7 Å². The lowest BCUT2D eigenvalue weighted by atomic mass is 9.77. The lowest BCUT2D eigenvalue weighted by Gasteiger charge is -2.30. The van der Waals surface area contributed by atoms with E-state index in [0.717, 1.165) is 11.1 Å². The van der Waals surface area contributed by atoms with E-state index in [0.29, 0.717) is 28.6 Å². The van der Waals surface area contributed by atoms with Crippen LogP contribution in [0.4, 0.5) is 0 Å². The first-order chi connectivity index (χ1) is 13.6. The van der Waals surface area contributed by atoms with Crippen LogP contribution in [-0.2, 0) is 5.41 Å². The van der Waals surface area contributed by atoms with Crippen molar-refractivity contribution in [2.24, 2.45) is 0 Å². The Balaban J connectivity index is 2.06. The van der Waals surface area contributed by atoms with E-state index in [2.05, 4.69) is 0 Å². The van der Waals surface area contributed by atoms with Gasteiger partial charge in [-0.1, -0.05) is 6.07 Å². The predicted octanol–water partition coefficient (Wildman–Crippen LogP) is 5.06. The Morgan fingerprint density at radius 3 is 2.28 bits per heavy atom. The molecule has 0 aliphatic carbocycles. The van der Waals surface area contributed by atoms with Crippen LogP contribution in [0.25, 0.3) is 6.08 Å². The van der Waals surface area contributed by atoms with E-state index in [1.807, 2.05) is 64.1 Å². The van der Waals surface area contributed by atoms with E-state index >= 15 is 0 Å². The number of hydrogen-bond donors (Lipinski definition) is 0. The number of carbonyl (C=O) groups is 1. The van der Waals surface area contributed by atoms with E-state index in [9.17, 15) is 4.79 Å². The van der Waals surface area contributed by atoms with Crippen molar-refractivity contribution in [2.75, 3.05) is 21.3 Å². The summed E-state index contributed by atoms with van der Waals surface area (Å²) in [7, 11) is 4.74. The molecular weight excluding hydrogens is 368 g/mol. The third-order valence-corrected chi connectivity index (χ3v) is 5.30. The molecule has 2 aromatic rings. The summed E-state index contributed by atoms with van der Waals surface area (Å²) >= 11 is 0. The number of ketones is 1. The molecule has 29 heavy (non-hydrogen) atoms. The molecule has 0 unspecified atom stereocenters. The van der Waals surface area contributed by atoms with Crippen LogP contribution >= 0.6 is 0 Å². The number of hydrogen-bond acceptors (Lipinski definition) is 5. The summed E-state index contributed by atoms with van der Waals surface area (Å²) in [5, 5.41) is 0. The van der Waals surface area contributed by atoms with Crippen LogP contribution in [0.5, 0.6) is 23.0 Å². The first-order valence-corrected chi connectivity index (χ1v) is 9.51. The number of carbonyl (C=O) groups excluding carboxylic acids is 1. The fourth-order valence-corrected chi connectivity index (χ4v) is 3.52. The van der Waals surface area contributed by atoms with Gasteiger partial charge in [-0.3, -0.25) is 4.79 Å². The number of rotatable bonds is 6. The second kappa shape index (κ2) is 7.47. The quantitative estimate of drug-likeness (QED) is 0.639. The third kappa shape index (κ3) is 3.69. The number of methoxy groups -OCH3 is 3. The summed E-state index contributed by atoms with van der Waals surface area (Å²) in [6, 6.07) is 9.15. The van der Waals surface area contributed by atoms with E-state index in [1.54, 1.807) is 27.4 Å². The molecule has 0 radical (unpaired) electrons. The van der Waals surface area contributed by atoms with E-state index in [4.69, 9.17) is 18.9 Å². The molecule has 1 aliphatic rings. The summed E-state index contributed by atoms with van der Waals surface area (Å²) in [4.78, 5) is 13.6. The first kappa shape index (κ1) is 20.8. The highest BCUT2D eigenvalue weighted by Gasteiger charge is 2.35. The maximum atomic E-state index is 13.6. The highest BCUT2D eigenvalue weighted by molar-refractivity contribution is 6.06. The minimum Gasteiger partial charge on any atom is -0.495 e. The topological polar surface area (TPSA) is 54.0 Å². The molecule has 5 nitrogen and oxygen atoms in total. The van der Waals surface area contributed by atoms with Gasteiger partial charge in [0, 0.05) is 0 Å². The largest absolute Gasteiger partial charge is 0.495 e. The monoisotopic (exact) mass is 396 g/mol. The molecule has 1 aliphatic heterocycles. The minimum atomic E-state index is -0.806. The molecule has 0 spiro atoms. The van der Waals surface area contributed by atoms with Gasteiger partial charge in [-0.15, -0.1) is 0 Å². The normalized spacial score (nSPS) is 14.6. The molecular formula is C24H28O5. The Morgan fingerprint density at radius 1 is 0.966 bits per heavy atom. The van der Waals surface area contributed by atoms with Crippen molar-refractivity contribution in [3.8, 4) is 23.0 Å². The van der Waals surface area contributed by atoms with Gasteiger partial charge in [0.05, 0.1) is 37.9 Å². The van der Waals surface area contributed by atoms with Gasteiger partial charge in [0.25, 0.3) is 0 Å². The fourth-order valence-electron chi connectivity index (χ4n) is 3.52. The summed E-state index contributed by atoms with van der Waals surface area (Å²) in [6.45, 7) is 7.76. The number of benzene rings is 2. The SMILES string of the molecule is COc1ccc(C(C)(C)C(=O)c2ccc3c(c2OC)C=CC(C)(C)O3)cc1OC. The molecule has 3 rings (SSSR count). The summed E-state index contributed by atoms with van der Waals surface area (Å²) in [5.74, 6) is 2.38. The van der Waals surface area contributed by atoms with Gasteiger partial charge >= 0.3 is 0 Å². The van der Waals surface area contributed by atoms with Gasteiger partial charge in [0.15, 0.2) is 17.3 Å². The average molecular weight is 396 g/mol. The Kier molecular flexibility index (Phi) is 5.35. The van der Waals surface area contributed by atoms with Gasteiger partial charge < -0.3 is 18.9 Å². The van der Waals surface area contributed by atoms with Crippen molar-refractivity contribution in [1.82, 2.24) is 0 Å². The van der Waals surface area contributed by atoms with Crippen molar-refractivity contribution in [3.63, 3.8) is 0 Å². The zero-order valence-corrected chi connectivity index (χ0v) is 18.1. The molecule has 0 aromatic heterocycles. The van der Waals surface area contributed by atoms with Crippen LogP contribution in [0.3, 0.4) is 0 Å². The van der Waals surface area contributed by atoms with Crippen molar-refractivity contribution in [1.29, 1.82) is 0 Å². The van der Waals surface area contributed by atoms with Crippen LogP contribution in [0.1, 0.15) is 49.2 Å². The molecule has 0 fully saturated rings. The van der Waals surface area contributed by atoms with Crippen molar-refractivity contribution >= 4 is 11.9 Å². The van der Waals surface area contributed by atoms with Crippen molar-refractivity contribution in [2.45, 2.75) is 38.7 Å². The van der Waals surface area contributed by atoms with E-state index < -0.39 is 11.0 Å². The molecule has 1 heterocycles. The molecule has 0 amide bonds. The molecule has 0 saturated carbocycles. The van der Waals surface area contributed by atoms with E-state index in [1.165, 1.54) is 0 Å². The van der Waals surface area contributed by atoms with Gasteiger partial charge in [-0.25, -0.2) is 0 Å². The number of ether oxygens (including phenoxy) is 4. The van der Waals surface area contributed by atoms with Gasteiger partial charge in [0.1, 0.15) is 17.1 Å². The maximum Gasteiger partial charge on any atom is 0.176 e. The average Bonchev–Trinajstić information content (AvgIpc) is 2.70. The maximum absolute atomic E-state index is 13.6. The summed E-state index contributed by atoms with van der Waals surface area (Å²) in [6.07, 6.45) is 3.92. The highest BCUT2D eigenvalue weighted by Crippen LogP contribution is 2.42. The zero-order chi connectivity index (χ0) is 21.4. The summed E-state index contributed by atoms with van der Waals surface area (Å²) < 4.78 is 22.4. The Labute approximate surface area is 172 Å². The molecule has 0 atom stereocenters. The standard InChI is InChI=1S/C24H28O5/c1-23(2)13-12-16-18(29-23)11-9-17(21(16)28-7)22(25)24(3,4)15-8-10-19(26-5)20(14-15)27-6/h8-14H,1-7H3. The lowest BCUT2D eigenvalue weighted by molar-refractivity contribution is 0.0905. The Hall–Kier alpha value is -2.95. The van der Waals surface area contributed by atoms with Gasteiger partial charge in [-0.2, -0.15) is 0 Å². The van der Waals surface area contributed by atoms with Crippen LogP contribution in [0, 0.1) is 0 Å². The predicted molar refractivity (Wildman–Crippen MR) is 114 cm³/mol. The number of Topliss-reactive ketones (excluding diaryl/α,β-unsaturated/α-hetero) is 1. The molecule has 154 valence electrons. The van der Waals surface area contributed by atoms with Crippen LogP contribution in [0.2, 0.25) is 0 Å². The second-order valence-corrected chi connectivity index (χ2v) is 8.12. The zero-order valence-electron chi connectivity index (χ0n) is 18.1. The van der Waals surface area contributed by atoms with Crippen LogP contribution < -0.4 is 18.9 Å². The lowest BCUT2D eigenvalue weighted by Crippen LogP contribution is -2.30. The Morgan fingerprint density at radius 2 is 1.66 bits per heavy atom. The second-order valence-electron chi connectivity index (χ2n) is 8.12. The molecule has 0 bridgehead atoms. The molecule has 2 aromatic carbocycles. The first-order valence-electron chi connectivity index (χ1n) is 9.51. The van der Waals surface area contributed by atoms with Crippen LogP contribution in [-0.4, -0.2) is 32.7 Å². The highest BCUT2D eigenvalue weighted by atomic mass is 16.5. The van der Waals surface area contributed by atoms with Gasteiger partial charge in [0.2, 0.25) is 0 Å². The minimum absolute atomic E-state index is 0.0531. The van der Waals surface area contributed by atoms with Crippen LogP contribution in [0.15, 0.2) is 36.4 Å². The molecule has 0 saturated heterocycles. The summed E-state index contributed by atoms with van der Waals surface area (Å²) in [5.41, 5.74) is 0.912. The van der Waals surface area contributed by atoms with Gasteiger partial charge in [-0.05, 0) is 69.7 Å². The Bertz CT molecular complexity index is 969. The molecule has 0 N–H and O–H groups in total. The van der Waals surface area contributed by atoms with Crippen molar-refractivity contribution in [3.05, 3.63) is 53.1 Å². The van der Waals surface area contributed by atoms with E-state index in [-0.39, 0.29) is 5.78 Å². The number of fused-ring (bicyclic) bond motifs is 1. The third-order valence-electron chi connectivity index (χ3n) is 5.30.